The van der Waals surface area contributed by atoms with Crippen LogP contribution in [0.3, 0.4) is 0 Å². The van der Waals surface area contributed by atoms with Gasteiger partial charge in [0, 0.05) is 5.56 Å². The first-order valence-corrected chi connectivity index (χ1v) is 6.35. The van der Waals surface area contributed by atoms with Gasteiger partial charge in [0.2, 0.25) is 0 Å². The molecular weight excluding hydrogens is 262 g/mol. The summed E-state index contributed by atoms with van der Waals surface area (Å²) in [4.78, 5) is -0.303. The van der Waals surface area contributed by atoms with Gasteiger partial charge in [-0.25, -0.2) is 8.78 Å². The van der Waals surface area contributed by atoms with Gasteiger partial charge in [-0.15, -0.1) is 0 Å². The lowest BCUT2D eigenvalue weighted by Gasteiger charge is -2.04. The second-order valence-corrected chi connectivity index (χ2v) is 5.02. The first kappa shape index (κ1) is 12.7. The molecule has 0 heterocycles. The fourth-order valence-electron chi connectivity index (χ4n) is 1.53. The van der Waals surface area contributed by atoms with Gasteiger partial charge >= 0.3 is 0 Å². The number of hydrogen-bond acceptors (Lipinski definition) is 2. The van der Waals surface area contributed by atoms with Gasteiger partial charge in [-0.05, 0) is 23.8 Å². The van der Waals surface area contributed by atoms with E-state index in [0.717, 1.165) is 18.2 Å². The molecule has 94 valence electrons. The third-order valence-electron chi connectivity index (χ3n) is 2.41. The van der Waals surface area contributed by atoms with Crippen molar-refractivity contribution in [3.63, 3.8) is 0 Å². The van der Waals surface area contributed by atoms with E-state index in [-0.39, 0.29) is 10.5 Å². The fraction of sp³-hybridized carbons (Fsp3) is 0. The highest BCUT2D eigenvalue weighted by Crippen LogP contribution is 2.25. The van der Waals surface area contributed by atoms with Crippen LogP contribution in [-0.4, -0.2) is 13.0 Å². The number of halogens is 2. The monoisotopic (exact) mass is 270 g/mol. The molecule has 0 fully saturated rings. The molecule has 2 rings (SSSR count). The van der Waals surface area contributed by atoms with Gasteiger partial charge in [0.1, 0.15) is 0 Å². The molecule has 0 radical (unpaired) electrons. The molecule has 2 aromatic rings. The molecule has 0 saturated carbocycles. The normalized spacial score (nSPS) is 11.5. The van der Waals surface area contributed by atoms with Crippen LogP contribution in [0, 0.1) is 11.6 Å². The Morgan fingerprint density at radius 2 is 1.56 bits per heavy atom. The van der Waals surface area contributed by atoms with Crippen LogP contribution in [0.2, 0.25) is 0 Å². The van der Waals surface area contributed by atoms with Crippen LogP contribution >= 0.6 is 0 Å². The minimum absolute atomic E-state index is 0.0249. The predicted molar refractivity (Wildman–Crippen MR) is 61.6 cm³/mol. The predicted octanol–water partition coefficient (Wildman–Crippen LogP) is 2.88. The van der Waals surface area contributed by atoms with Crippen LogP contribution in [0.25, 0.3) is 11.1 Å². The average Bonchev–Trinajstić information content (AvgIpc) is 2.32. The Bertz CT molecular complexity index is 679. The largest absolute Gasteiger partial charge is 0.294 e. The highest BCUT2D eigenvalue weighted by atomic mass is 32.2. The van der Waals surface area contributed by atoms with Gasteiger partial charge in [0.25, 0.3) is 10.1 Å². The van der Waals surface area contributed by atoms with Crippen LogP contribution < -0.4 is 0 Å². The molecule has 0 amide bonds. The molecule has 1 N–H and O–H groups in total. The van der Waals surface area contributed by atoms with E-state index in [0.29, 0.717) is 5.56 Å². The zero-order valence-electron chi connectivity index (χ0n) is 8.97. The Kier molecular flexibility index (Phi) is 3.14. The van der Waals surface area contributed by atoms with E-state index in [9.17, 15) is 17.2 Å². The van der Waals surface area contributed by atoms with E-state index in [2.05, 4.69) is 0 Å². The Balaban J connectivity index is 2.50. The third kappa shape index (κ3) is 2.39. The lowest BCUT2D eigenvalue weighted by molar-refractivity contribution is 0.483. The summed E-state index contributed by atoms with van der Waals surface area (Å²) in [5, 5.41) is 0. The highest BCUT2D eigenvalue weighted by Gasteiger charge is 2.12. The summed E-state index contributed by atoms with van der Waals surface area (Å²) >= 11 is 0. The molecule has 6 heteroatoms. The smallest absolute Gasteiger partial charge is 0.282 e. The van der Waals surface area contributed by atoms with E-state index in [1.54, 1.807) is 0 Å². The molecule has 0 aliphatic heterocycles. The quantitative estimate of drug-likeness (QED) is 0.854. The summed E-state index contributed by atoms with van der Waals surface area (Å²) in [5.41, 5.74) is 0.344. The van der Waals surface area contributed by atoms with Crippen molar-refractivity contribution in [2.75, 3.05) is 0 Å². The first-order chi connectivity index (χ1) is 8.39. The van der Waals surface area contributed by atoms with Crippen molar-refractivity contribution in [3.8, 4) is 11.1 Å². The Labute approximate surface area is 102 Å². The van der Waals surface area contributed by atoms with E-state index in [4.69, 9.17) is 4.55 Å². The zero-order valence-corrected chi connectivity index (χ0v) is 9.79. The van der Waals surface area contributed by atoms with Crippen molar-refractivity contribution in [3.05, 3.63) is 54.1 Å². The van der Waals surface area contributed by atoms with Crippen molar-refractivity contribution in [2.24, 2.45) is 0 Å². The van der Waals surface area contributed by atoms with Crippen molar-refractivity contribution < 1.29 is 21.8 Å². The second kappa shape index (κ2) is 4.47. The zero-order chi connectivity index (χ0) is 13.3. The Hall–Kier alpha value is -1.79. The summed E-state index contributed by atoms with van der Waals surface area (Å²) in [6.07, 6.45) is 0. The SMILES string of the molecule is O=S(=O)(O)c1ccc(-c2cccc(F)c2F)cc1. The maximum absolute atomic E-state index is 13.5. The molecule has 0 aliphatic carbocycles. The Morgan fingerprint density at radius 1 is 0.944 bits per heavy atom. The summed E-state index contributed by atoms with van der Waals surface area (Å²) in [7, 11) is -4.29. The van der Waals surface area contributed by atoms with E-state index < -0.39 is 21.8 Å². The van der Waals surface area contributed by atoms with E-state index >= 15 is 0 Å². The maximum atomic E-state index is 13.5. The molecular formula is C12H8F2O3S. The van der Waals surface area contributed by atoms with Crippen molar-refractivity contribution in [2.45, 2.75) is 4.90 Å². The van der Waals surface area contributed by atoms with E-state index in [1.807, 2.05) is 0 Å². The summed E-state index contributed by atoms with van der Waals surface area (Å²) in [6, 6.07) is 8.54. The molecule has 0 unspecified atom stereocenters. The number of rotatable bonds is 2. The standard InChI is InChI=1S/C12H8F2O3S/c13-11-3-1-2-10(12(11)14)8-4-6-9(7-5-8)18(15,16)17/h1-7H,(H,15,16,17). The van der Waals surface area contributed by atoms with Gasteiger partial charge in [-0.2, -0.15) is 8.42 Å². The summed E-state index contributed by atoms with van der Waals surface area (Å²) < 4.78 is 56.9. The highest BCUT2D eigenvalue weighted by molar-refractivity contribution is 7.85. The second-order valence-electron chi connectivity index (χ2n) is 3.60. The van der Waals surface area contributed by atoms with Gasteiger partial charge in [0.05, 0.1) is 4.90 Å². The van der Waals surface area contributed by atoms with Crippen LogP contribution in [0.1, 0.15) is 0 Å². The minimum atomic E-state index is -4.29. The molecule has 0 saturated heterocycles. The molecule has 0 spiro atoms. The first-order valence-electron chi connectivity index (χ1n) is 4.91. The average molecular weight is 270 g/mol. The number of benzene rings is 2. The molecule has 0 atom stereocenters. The van der Waals surface area contributed by atoms with Crippen molar-refractivity contribution >= 4 is 10.1 Å². The van der Waals surface area contributed by atoms with E-state index in [1.165, 1.54) is 24.3 Å². The maximum Gasteiger partial charge on any atom is 0.294 e. The van der Waals surface area contributed by atoms with Crippen LogP contribution in [0.4, 0.5) is 8.78 Å². The molecule has 0 bridgehead atoms. The third-order valence-corrected chi connectivity index (χ3v) is 3.28. The number of hydrogen-bond donors (Lipinski definition) is 1. The molecule has 0 aliphatic rings. The van der Waals surface area contributed by atoms with Crippen molar-refractivity contribution in [1.82, 2.24) is 0 Å². The molecule has 2 aromatic carbocycles. The minimum Gasteiger partial charge on any atom is -0.282 e. The van der Waals surface area contributed by atoms with Gasteiger partial charge in [-0.3, -0.25) is 4.55 Å². The molecule has 0 aromatic heterocycles. The van der Waals surface area contributed by atoms with Gasteiger partial charge < -0.3 is 0 Å². The van der Waals surface area contributed by atoms with Gasteiger partial charge in [0.15, 0.2) is 11.6 Å². The van der Waals surface area contributed by atoms with Crippen LogP contribution in [0.15, 0.2) is 47.4 Å². The van der Waals surface area contributed by atoms with Gasteiger partial charge in [-0.1, -0.05) is 24.3 Å². The van der Waals surface area contributed by atoms with Crippen molar-refractivity contribution in [1.29, 1.82) is 0 Å². The molecule has 3 nitrogen and oxygen atoms in total. The van der Waals surface area contributed by atoms with Crippen LogP contribution in [-0.2, 0) is 10.1 Å². The summed E-state index contributed by atoms with van der Waals surface area (Å²) in [6.45, 7) is 0. The van der Waals surface area contributed by atoms with Crippen LogP contribution in [0.5, 0.6) is 0 Å². The topological polar surface area (TPSA) is 54.4 Å². The lowest BCUT2D eigenvalue weighted by Crippen LogP contribution is -1.97. The fourth-order valence-corrected chi connectivity index (χ4v) is 2.01. The molecule has 18 heavy (non-hydrogen) atoms. The summed E-state index contributed by atoms with van der Waals surface area (Å²) in [5.74, 6) is -1.98. The Morgan fingerprint density at radius 3 is 2.11 bits per heavy atom. The lowest BCUT2D eigenvalue weighted by atomic mass is 10.1.